The van der Waals surface area contributed by atoms with Gasteiger partial charge < -0.3 is 25.2 Å². The lowest BCUT2D eigenvalue weighted by Crippen LogP contribution is -2.31. The maximum absolute atomic E-state index is 9.41. The number of benzene rings is 1. The van der Waals surface area contributed by atoms with Gasteiger partial charge in [0.1, 0.15) is 0 Å². The van der Waals surface area contributed by atoms with Crippen molar-refractivity contribution in [2.45, 2.75) is 26.2 Å². The number of aliphatic imine (C=N–C) groups is 1. The van der Waals surface area contributed by atoms with E-state index in [-0.39, 0.29) is 12.0 Å². The molecule has 3 N–H and O–H groups in total. The molecule has 23 heavy (non-hydrogen) atoms. The number of nitrogens with zero attached hydrogens (tertiary/aromatic N) is 1. The molecule has 0 unspecified atom stereocenters. The molecule has 0 saturated heterocycles. The second-order valence-corrected chi connectivity index (χ2v) is 6.19. The molecule has 2 aliphatic rings. The molecule has 0 atom stereocenters. The Balaban J connectivity index is 1.69. The number of guanidine groups is 1. The molecule has 1 aliphatic carbocycles. The molecule has 0 spiro atoms. The number of ether oxygens (including phenoxy) is 2. The Bertz CT molecular complexity index is 570. The van der Waals surface area contributed by atoms with Crippen molar-refractivity contribution in [2.75, 3.05) is 38.2 Å². The minimum atomic E-state index is 0.00702. The summed E-state index contributed by atoms with van der Waals surface area (Å²) in [7, 11) is 0. The van der Waals surface area contributed by atoms with E-state index in [1.54, 1.807) is 0 Å². The highest BCUT2D eigenvalue weighted by Gasteiger charge is 2.41. The number of aliphatic hydroxyl groups excluding tert-OH is 1. The second kappa shape index (κ2) is 7.08. The van der Waals surface area contributed by atoms with Crippen LogP contribution in [0.1, 0.15) is 26.2 Å². The molecule has 0 amide bonds. The molecule has 126 valence electrons. The van der Waals surface area contributed by atoms with E-state index >= 15 is 0 Å². The van der Waals surface area contributed by atoms with E-state index in [4.69, 9.17) is 9.47 Å². The molecule has 6 heteroatoms. The van der Waals surface area contributed by atoms with Crippen LogP contribution in [0, 0.1) is 5.41 Å². The van der Waals surface area contributed by atoms with E-state index < -0.39 is 0 Å². The van der Waals surface area contributed by atoms with Crippen molar-refractivity contribution in [1.82, 2.24) is 5.32 Å². The standard InChI is InChI=1S/C17H25N3O3/c1-2-18-16(19-11-17(12-21)6-7-17)20-13-4-5-14-15(10-13)23-9-3-8-22-14/h4-5,10,21H,2-3,6-9,11-12H2,1H3,(H2,18,19,20). The smallest absolute Gasteiger partial charge is 0.195 e. The van der Waals surface area contributed by atoms with Gasteiger partial charge in [-0.2, -0.15) is 0 Å². The van der Waals surface area contributed by atoms with Crippen molar-refractivity contribution < 1.29 is 14.6 Å². The van der Waals surface area contributed by atoms with Crippen molar-refractivity contribution in [3.05, 3.63) is 18.2 Å². The van der Waals surface area contributed by atoms with Gasteiger partial charge in [0, 0.05) is 30.1 Å². The zero-order valence-corrected chi connectivity index (χ0v) is 13.6. The highest BCUT2D eigenvalue weighted by Crippen LogP contribution is 2.45. The maximum Gasteiger partial charge on any atom is 0.195 e. The summed E-state index contributed by atoms with van der Waals surface area (Å²) in [5.41, 5.74) is 0.912. The fraction of sp³-hybridized carbons (Fsp3) is 0.588. The van der Waals surface area contributed by atoms with Crippen molar-refractivity contribution in [3.63, 3.8) is 0 Å². The average Bonchev–Trinajstić information content (AvgIpc) is 3.37. The van der Waals surface area contributed by atoms with Gasteiger partial charge in [-0.3, -0.25) is 4.99 Å². The topological polar surface area (TPSA) is 75.1 Å². The fourth-order valence-electron chi connectivity index (χ4n) is 2.47. The van der Waals surface area contributed by atoms with Gasteiger partial charge in [0.05, 0.1) is 26.4 Å². The van der Waals surface area contributed by atoms with Crippen LogP contribution < -0.4 is 20.1 Å². The van der Waals surface area contributed by atoms with Gasteiger partial charge in [0.2, 0.25) is 0 Å². The first-order valence-electron chi connectivity index (χ1n) is 8.30. The lowest BCUT2D eigenvalue weighted by molar-refractivity contribution is 0.217. The first-order chi connectivity index (χ1) is 11.2. The predicted octanol–water partition coefficient (Wildman–Crippen LogP) is 2.00. The average molecular weight is 319 g/mol. The molecular weight excluding hydrogens is 294 g/mol. The van der Waals surface area contributed by atoms with Crippen LogP contribution >= 0.6 is 0 Å². The summed E-state index contributed by atoms with van der Waals surface area (Å²) in [6.07, 6.45) is 3.00. The van der Waals surface area contributed by atoms with E-state index in [2.05, 4.69) is 15.6 Å². The summed E-state index contributed by atoms with van der Waals surface area (Å²) in [6.45, 7) is 5.02. The zero-order chi connectivity index (χ0) is 16.1. The van der Waals surface area contributed by atoms with Crippen LogP contribution in [0.15, 0.2) is 23.2 Å². The SMILES string of the molecule is CCNC(=NCC1(CO)CC1)Nc1ccc2c(c1)OCCCO2. The molecule has 1 heterocycles. The van der Waals surface area contributed by atoms with E-state index in [9.17, 15) is 5.11 Å². The van der Waals surface area contributed by atoms with Gasteiger partial charge >= 0.3 is 0 Å². The maximum atomic E-state index is 9.41. The molecule has 1 aliphatic heterocycles. The quantitative estimate of drug-likeness (QED) is 0.572. The summed E-state index contributed by atoms with van der Waals surface area (Å²) in [6, 6.07) is 5.81. The minimum absolute atomic E-state index is 0.00702. The Hall–Kier alpha value is -1.95. The van der Waals surface area contributed by atoms with E-state index in [0.717, 1.165) is 49.0 Å². The third kappa shape index (κ3) is 4.07. The highest BCUT2D eigenvalue weighted by molar-refractivity contribution is 5.94. The summed E-state index contributed by atoms with van der Waals surface area (Å²) in [5.74, 6) is 2.27. The Kier molecular flexibility index (Phi) is 4.91. The lowest BCUT2D eigenvalue weighted by atomic mass is 10.1. The monoisotopic (exact) mass is 319 g/mol. The van der Waals surface area contributed by atoms with Crippen LogP contribution in [0.5, 0.6) is 11.5 Å². The van der Waals surface area contributed by atoms with Gasteiger partial charge in [-0.25, -0.2) is 0 Å². The molecule has 1 fully saturated rings. The van der Waals surface area contributed by atoms with E-state index in [1.807, 2.05) is 25.1 Å². The van der Waals surface area contributed by atoms with Gasteiger partial charge in [-0.1, -0.05) is 0 Å². The first kappa shape index (κ1) is 15.9. The molecule has 6 nitrogen and oxygen atoms in total. The van der Waals surface area contributed by atoms with Crippen molar-refractivity contribution in [2.24, 2.45) is 10.4 Å². The minimum Gasteiger partial charge on any atom is -0.490 e. The number of fused-ring (bicyclic) bond motifs is 1. The predicted molar refractivity (Wildman–Crippen MR) is 90.4 cm³/mol. The summed E-state index contributed by atoms with van der Waals surface area (Å²) >= 11 is 0. The molecule has 0 aromatic heterocycles. The summed E-state index contributed by atoms with van der Waals surface area (Å²) < 4.78 is 11.4. The van der Waals surface area contributed by atoms with Gasteiger partial charge in [0.15, 0.2) is 17.5 Å². The van der Waals surface area contributed by atoms with Crippen LogP contribution in [0.2, 0.25) is 0 Å². The van der Waals surface area contributed by atoms with Gasteiger partial charge in [0.25, 0.3) is 0 Å². The van der Waals surface area contributed by atoms with Crippen LogP contribution in [0.25, 0.3) is 0 Å². The van der Waals surface area contributed by atoms with Gasteiger partial charge in [-0.15, -0.1) is 0 Å². The van der Waals surface area contributed by atoms with Crippen molar-refractivity contribution in [1.29, 1.82) is 0 Å². The fourth-order valence-corrected chi connectivity index (χ4v) is 2.47. The van der Waals surface area contributed by atoms with Gasteiger partial charge in [-0.05, 0) is 31.9 Å². The third-order valence-corrected chi connectivity index (χ3v) is 4.22. The highest BCUT2D eigenvalue weighted by atomic mass is 16.5. The summed E-state index contributed by atoms with van der Waals surface area (Å²) in [4.78, 5) is 4.61. The Morgan fingerprint density at radius 3 is 2.74 bits per heavy atom. The second-order valence-electron chi connectivity index (χ2n) is 6.19. The normalized spacial score (nSPS) is 19.0. The number of hydrogen-bond acceptors (Lipinski definition) is 4. The molecule has 1 aromatic rings. The van der Waals surface area contributed by atoms with E-state index in [1.165, 1.54) is 0 Å². The van der Waals surface area contributed by atoms with Crippen molar-refractivity contribution in [3.8, 4) is 11.5 Å². The Morgan fingerprint density at radius 2 is 2.04 bits per heavy atom. The molecule has 3 rings (SSSR count). The Morgan fingerprint density at radius 1 is 1.26 bits per heavy atom. The third-order valence-electron chi connectivity index (χ3n) is 4.22. The zero-order valence-electron chi connectivity index (χ0n) is 13.6. The molecule has 1 aromatic carbocycles. The van der Waals surface area contributed by atoms with Crippen LogP contribution in [-0.4, -0.2) is 44.0 Å². The van der Waals surface area contributed by atoms with Crippen molar-refractivity contribution >= 4 is 11.6 Å². The van der Waals surface area contributed by atoms with Crippen LogP contribution in [-0.2, 0) is 0 Å². The van der Waals surface area contributed by atoms with E-state index in [0.29, 0.717) is 19.8 Å². The first-order valence-corrected chi connectivity index (χ1v) is 8.30. The number of hydrogen-bond donors (Lipinski definition) is 3. The Labute approximate surface area is 136 Å². The number of aliphatic hydroxyl groups is 1. The lowest BCUT2D eigenvalue weighted by Gasteiger charge is -2.15. The number of anilines is 1. The van der Waals surface area contributed by atoms with Crippen LogP contribution in [0.3, 0.4) is 0 Å². The number of rotatable bonds is 5. The molecular formula is C17H25N3O3. The molecule has 1 saturated carbocycles. The summed E-state index contributed by atoms with van der Waals surface area (Å²) in [5, 5.41) is 15.9. The molecule has 0 bridgehead atoms. The van der Waals surface area contributed by atoms with Crippen LogP contribution in [0.4, 0.5) is 5.69 Å². The number of nitrogens with one attached hydrogen (secondary N) is 2. The molecule has 0 radical (unpaired) electrons. The largest absolute Gasteiger partial charge is 0.490 e.